The minimum Gasteiger partial charge on any atom is -0.493 e. The van der Waals surface area contributed by atoms with Crippen molar-refractivity contribution in [1.29, 1.82) is 0 Å². The molecule has 2 aliphatic rings. The lowest BCUT2D eigenvalue weighted by molar-refractivity contribution is -0.134. The minimum atomic E-state index is -0.436. The van der Waals surface area contributed by atoms with Gasteiger partial charge in [0.1, 0.15) is 5.03 Å². The first kappa shape index (κ1) is 21.0. The number of rotatable bonds is 6. The summed E-state index contributed by atoms with van der Waals surface area (Å²) in [5.74, 6) is 0.912. The van der Waals surface area contributed by atoms with Crippen molar-refractivity contribution in [1.82, 2.24) is 0 Å². The molecule has 0 spiro atoms. The number of para-hydroxylation sites is 1. The Bertz CT molecular complexity index is 1080. The van der Waals surface area contributed by atoms with E-state index in [4.69, 9.17) is 19.2 Å². The monoisotopic (exact) mass is 437 g/mol. The number of allylic oxidation sites excluding steroid dienone is 1. The number of carbonyl (C=O) groups excluding carboxylic acids is 1. The van der Waals surface area contributed by atoms with Crippen LogP contribution in [0, 0.1) is 0 Å². The van der Waals surface area contributed by atoms with Crippen LogP contribution in [0.2, 0.25) is 0 Å². The number of carbonyl (C=O) groups is 1. The molecular formula is C23H23N3O4S. The molecule has 0 radical (unpaired) electrons. The van der Waals surface area contributed by atoms with E-state index >= 15 is 0 Å². The molecule has 0 atom stereocenters. The van der Waals surface area contributed by atoms with Crippen LogP contribution in [0.3, 0.4) is 0 Å². The van der Waals surface area contributed by atoms with Gasteiger partial charge in [-0.15, -0.1) is 0 Å². The zero-order valence-electron chi connectivity index (χ0n) is 17.6. The number of hydrogen-bond acceptors (Lipinski definition) is 8. The Morgan fingerprint density at radius 3 is 2.61 bits per heavy atom. The van der Waals surface area contributed by atoms with Crippen LogP contribution in [0.25, 0.3) is 0 Å². The molecule has 8 heteroatoms. The number of thioether (sulfide) groups is 1. The Morgan fingerprint density at radius 1 is 1.16 bits per heavy atom. The molecule has 0 saturated carbocycles. The predicted molar refractivity (Wildman–Crippen MR) is 123 cm³/mol. The molecule has 0 fully saturated rings. The molecule has 2 aromatic carbocycles. The van der Waals surface area contributed by atoms with Gasteiger partial charge in [-0.1, -0.05) is 18.2 Å². The van der Waals surface area contributed by atoms with Crippen LogP contribution < -0.4 is 14.5 Å². The molecule has 31 heavy (non-hydrogen) atoms. The van der Waals surface area contributed by atoms with E-state index in [2.05, 4.69) is 5.10 Å². The highest BCUT2D eigenvalue weighted by Crippen LogP contribution is 2.37. The van der Waals surface area contributed by atoms with E-state index in [0.29, 0.717) is 29.7 Å². The highest BCUT2D eigenvalue weighted by atomic mass is 32.2. The van der Waals surface area contributed by atoms with Gasteiger partial charge in [0, 0.05) is 12.1 Å². The molecule has 7 nitrogen and oxygen atoms in total. The molecule has 160 valence electrons. The number of hydrogen-bond donors (Lipinski definition) is 0. The summed E-state index contributed by atoms with van der Waals surface area (Å²) in [6.07, 6.45) is 2.78. The fraction of sp³-hybridized carbons (Fsp3) is 0.261. The maximum Gasteiger partial charge on any atom is 0.365 e. The van der Waals surface area contributed by atoms with E-state index in [-0.39, 0.29) is 0 Å². The molecule has 2 aromatic rings. The lowest BCUT2D eigenvalue weighted by Gasteiger charge is -2.20. The average molecular weight is 438 g/mol. The molecule has 0 amide bonds. The average Bonchev–Trinajstić information content (AvgIpc) is 3.23. The molecule has 0 aliphatic carbocycles. The van der Waals surface area contributed by atoms with Gasteiger partial charge in [-0.05, 0) is 61.0 Å². The van der Waals surface area contributed by atoms with Gasteiger partial charge >= 0.3 is 5.97 Å². The Kier molecular flexibility index (Phi) is 6.27. The van der Waals surface area contributed by atoms with Crippen molar-refractivity contribution < 1.29 is 19.0 Å². The Morgan fingerprint density at radius 2 is 1.90 bits per heavy atom. The van der Waals surface area contributed by atoms with Crippen LogP contribution in [0.1, 0.15) is 18.1 Å². The van der Waals surface area contributed by atoms with Crippen LogP contribution in [0.5, 0.6) is 11.5 Å². The van der Waals surface area contributed by atoms with Crippen LogP contribution in [0.15, 0.2) is 63.7 Å². The molecule has 2 aliphatic heterocycles. The third-order valence-electron chi connectivity index (χ3n) is 4.86. The lowest BCUT2D eigenvalue weighted by Crippen LogP contribution is -2.15. The maximum absolute atomic E-state index is 12.3. The van der Waals surface area contributed by atoms with Crippen molar-refractivity contribution >= 4 is 34.2 Å². The summed E-state index contributed by atoms with van der Waals surface area (Å²) in [5, 5.41) is 7.32. The number of esters is 1. The number of methoxy groups -OCH3 is 2. The van der Waals surface area contributed by atoms with Crippen molar-refractivity contribution in [3.8, 4) is 11.5 Å². The van der Waals surface area contributed by atoms with Crippen molar-refractivity contribution in [2.75, 3.05) is 32.4 Å². The minimum absolute atomic E-state index is 0.292. The third kappa shape index (κ3) is 4.29. The van der Waals surface area contributed by atoms with E-state index in [1.807, 2.05) is 48.5 Å². The summed E-state index contributed by atoms with van der Waals surface area (Å²) in [7, 11) is 3.25. The summed E-state index contributed by atoms with van der Waals surface area (Å²) < 4.78 is 16.1. The fourth-order valence-electron chi connectivity index (χ4n) is 3.41. The number of anilines is 1. The van der Waals surface area contributed by atoms with Gasteiger partial charge in [0.15, 0.2) is 11.5 Å². The summed E-state index contributed by atoms with van der Waals surface area (Å²) in [6.45, 7) is 2.74. The maximum atomic E-state index is 12.3. The number of ether oxygens (including phenoxy) is 3. The first-order chi connectivity index (χ1) is 15.1. The zero-order valence-corrected chi connectivity index (χ0v) is 18.4. The van der Waals surface area contributed by atoms with Gasteiger partial charge in [0.25, 0.3) is 0 Å². The van der Waals surface area contributed by atoms with Crippen LogP contribution in [0.4, 0.5) is 5.69 Å². The summed E-state index contributed by atoms with van der Waals surface area (Å²) in [4.78, 5) is 17.1. The standard InChI is InChI=1S/C23H23N3O4S/c1-4-30-23(27)22-25-26(16-8-6-5-7-9-16)21(31-22)14-18-17-13-20(29-3)19(28-2)12-15(17)10-11-24-18/h5-9,12-14H,4,10-11H2,1-3H3/b21-14+. The topological polar surface area (TPSA) is 72.7 Å². The Labute approximate surface area is 185 Å². The summed E-state index contributed by atoms with van der Waals surface area (Å²) in [6, 6.07) is 13.6. The van der Waals surface area contributed by atoms with Crippen LogP contribution in [-0.4, -0.2) is 44.1 Å². The predicted octanol–water partition coefficient (Wildman–Crippen LogP) is 4.02. The first-order valence-corrected chi connectivity index (χ1v) is 10.8. The molecule has 0 N–H and O–H groups in total. The number of aliphatic imine (C=N–C) groups is 1. The Hall–Kier alpha value is -3.26. The number of nitrogens with zero attached hydrogens (tertiary/aromatic N) is 3. The van der Waals surface area contributed by atoms with E-state index < -0.39 is 5.97 Å². The molecule has 2 heterocycles. The first-order valence-electron chi connectivity index (χ1n) is 9.94. The van der Waals surface area contributed by atoms with Crippen LogP contribution >= 0.6 is 11.8 Å². The largest absolute Gasteiger partial charge is 0.493 e. The second-order valence-electron chi connectivity index (χ2n) is 6.74. The van der Waals surface area contributed by atoms with Gasteiger partial charge in [-0.3, -0.25) is 4.99 Å². The molecule has 4 rings (SSSR count). The van der Waals surface area contributed by atoms with Crippen molar-refractivity contribution in [2.24, 2.45) is 10.1 Å². The summed E-state index contributed by atoms with van der Waals surface area (Å²) >= 11 is 1.27. The van der Waals surface area contributed by atoms with E-state index in [1.165, 1.54) is 11.8 Å². The quantitative estimate of drug-likeness (QED) is 0.636. The molecule has 0 aromatic heterocycles. The fourth-order valence-corrected chi connectivity index (χ4v) is 4.28. The highest BCUT2D eigenvalue weighted by Gasteiger charge is 2.29. The van der Waals surface area contributed by atoms with Gasteiger partial charge < -0.3 is 14.2 Å². The normalized spacial score (nSPS) is 16.5. The number of fused-ring (bicyclic) bond motifs is 1. The van der Waals surface area contributed by atoms with Gasteiger partial charge in [0.05, 0.1) is 32.2 Å². The van der Waals surface area contributed by atoms with E-state index in [9.17, 15) is 4.79 Å². The molecule has 0 unspecified atom stereocenters. The second-order valence-corrected chi connectivity index (χ2v) is 7.75. The third-order valence-corrected chi connectivity index (χ3v) is 5.80. The Balaban J connectivity index is 1.74. The lowest BCUT2D eigenvalue weighted by atomic mass is 9.96. The van der Waals surface area contributed by atoms with Gasteiger partial charge in [0.2, 0.25) is 5.04 Å². The van der Waals surface area contributed by atoms with Crippen molar-refractivity contribution in [3.05, 3.63) is 64.7 Å². The van der Waals surface area contributed by atoms with E-state index in [0.717, 1.165) is 34.0 Å². The number of benzene rings is 2. The second kappa shape index (κ2) is 9.26. The van der Waals surface area contributed by atoms with Gasteiger partial charge in [-0.2, -0.15) is 5.10 Å². The highest BCUT2D eigenvalue weighted by molar-refractivity contribution is 8.19. The van der Waals surface area contributed by atoms with Crippen molar-refractivity contribution in [3.63, 3.8) is 0 Å². The SMILES string of the molecule is CCOC(=O)C1=NN(c2ccccc2)/C(=C\C2=NCCc3cc(OC)c(OC)cc32)S1. The number of hydrazone groups is 1. The van der Waals surface area contributed by atoms with Crippen molar-refractivity contribution in [2.45, 2.75) is 13.3 Å². The summed E-state index contributed by atoms with van der Waals surface area (Å²) in [5.41, 5.74) is 3.78. The van der Waals surface area contributed by atoms with E-state index in [1.54, 1.807) is 26.2 Å². The van der Waals surface area contributed by atoms with Crippen LogP contribution in [-0.2, 0) is 16.0 Å². The molecular weight excluding hydrogens is 414 g/mol. The molecule has 0 saturated heterocycles. The van der Waals surface area contributed by atoms with Gasteiger partial charge in [-0.25, -0.2) is 9.80 Å². The molecule has 0 bridgehead atoms. The zero-order chi connectivity index (χ0) is 21.8. The smallest absolute Gasteiger partial charge is 0.365 e.